The van der Waals surface area contributed by atoms with Crippen LogP contribution >= 0.6 is 0 Å². The van der Waals surface area contributed by atoms with Crippen LogP contribution in [-0.4, -0.2) is 13.1 Å². The van der Waals surface area contributed by atoms with Gasteiger partial charge in [0.2, 0.25) is 0 Å². The smallest absolute Gasteiger partial charge is 0.0796 e. The Bertz CT molecular complexity index is 637. The van der Waals surface area contributed by atoms with Crippen molar-refractivity contribution in [1.82, 2.24) is 4.98 Å². The molecule has 0 aliphatic heterocycles. The third-order valence-corrected chi connectivity index (χ3v) is 7.12. The molecule has 2 heteroatoms. The zero-order valence-corrected chi connectivity index (χ0v) is 15.8. The van der Waals surface area contributed by atoms with Gasteiger partial charge in [0.05, 0.1) is 13.8 Å². The van der Waals surface area contributed by atoms with Crippen molar-refractivity contribution in [2.24, 2.45) is 5.92 Å². The Hall–Kier alpha value is -1.41. The summed E-state index contributed by atoms with van der Waals surface area (Å²) in [6.45, 7) is 7.24. The van der Waals surface area contributed by atoms with Gasteiger partial charge in [-0.25, -0.2) is 0 Å². The first kappa shape index (κ1) is 16.4. The van der Waals surface area contributed by atoms with Crippen molar-refractivity contribution >= 4 is 13.3 Å². The predicted molar refractivity (Wildman–Crippen MR) is 103 cm³/mol. The normalized spacial score (nSPS) is 16.5. The van der Waals surface area contributed by atoms with Crippen molar-refractivity contribution in [2.45, 2.75) is 58.2 Å². The van der Waals surface area contributed by atoms with E-state index in [4.69, 9.17) is 4.98 Å². The van der Waals surface area contributed by atoms with Gasteiger partial charge >= 0.3 is 0 Å². The zero-order valence-electron chi connectivity index (χ0n) is 14.8. The van der Waals surface area contributed by atoms with Gasteiger partial charge in [0.25, 0.3) is 0 Å². The van der Waals surface area contributed by atoms with Crippen molar-refractivity contribution in [3.05, 3.63) is 48.2 Å². The van der Waals surface area contributed by atoms with Crippen molar-refractivity contribution in [3.63, 3.8) is 0 Å². The quantitative estimate of drug-likeness (QED) is 0.685. The summed E-state index contributed by atoms with van der Waals surface area (Å²) in [6.07, 6.45) is 10.4. The van der Waals surface area contributed by atoms with Crippen LogP contribution < -0.4 is 5.19 Å². The molecule has 1 fully saturated rings. The lowest BCUT2D eigenvalue weighted by atomic mass is 9.84. The molecule has 0 saturated heterocycles. The summed E-state index contributed by atoms with van der Waals surface area (Å²) >= 11 is 0. The van der Waals surface area contributed by atoms with Gasteiger partial charge in [-0.3, -0.25) is 4.98 Å². The lowest BCUT2D eigenvalue weighted by Gasteiger charge is -2.24. The van der Waals surface area contributed by atoms with E-state index < -0.39 is 8.07 Å². The molecule has 0 amide bonds. The largest absolute Gasteiger partial charge is 0.256 e. The molecule has 1 aromatic heterocycles. The zero-order chi connectivity index (χ0) is 16.3. The second-order valence-electron chi connectivity index (χ2n) is 8.06. The second-order valence-corrected chi connectivity index (χ2v) is 13.1. The fraction of sp³-hybridized carbons (Fsp3) is 0.476. The van der Waals surface area contributed by atoms with Crippen molar-refractivity contribution in [3.8, 4) is 11.3 Å². The van der Waals surface area contributed by atoms with E-state index >= 15 is 0 Å². The molecule has 3 rings (SSSR count). The number of nitrogens with zero attached hydrogens (tertiary/aromatic N) is 1. The van der Waals surface area contributed by atoms with Crippen LogP contribution in [0.25, 0.3) is 11.3 Å². The molecule has 1 saturated carbocycles. The molecule has 122 valence electrons. The predicted octanol–water partition coefficient (Wildman–Crippen LogP) is 5.42. The maximum atomic E-state index is 4.92. The molecule has 0 bridgehead atoms. The fourth-order valence-electron chi connectivity index (χ4n) is 3.63. The number of hydrogen-bond donors (Lipinski definition) is 0. The number of rotatable bonds is 4. The minimum atomic E-state index is -1.32. The Balaban J connectivity index is 1.97. The summed E-state index contributed by atoms with van der Waals surface area (Å²) in [5.74, 6) is 0.852. The van der Waals surface area contributed by atoms with Gasteiger partial charge < -0.3 is 0 Å². The van der Waals surface area contributed by atoms with E-state index in [1.54, 1.807) is 0 Å². The molecule has 23 heavy (non-hydrogen) atoms. The van der Waals surface area contributed by atoms with Crippen LogP contribution in [0.1, 0.15) is 37.7 Å². The molecule has 1 aromatic carbocycles. The van der Waals surface area contributed by atoms with Crippen LogP contribution in [0, 0.1) is 5.92 Å². The van der Waals surface area contributed by atoms with Gasteiger partial charge in [0, 0.05) is 11.8 Å². The first-order valence-corrected chi connectivity index (χ1v) is 12.6. The van der Waals surface area contributed by atoms with Crippen LogP contribution in [0.15, 0.2) is 42.6 Å². The molecule has 0 atom stereocenters. The maximum Gasteiger partial charge on any atom is 0.0796 e. The van der Waals surface area contributed by atoms with Crippen LogP contribution in [0.4, 0.5) is 0 Å². The molecule has 1 aliphatic carbocycles. The Morgan fingerprint density at radius 3 is 2.35 bits per heavy atom. The van der Waals surface area contributed by atoms with Gasteiger partial charge in [0.15, 0.2) is 0 Å². The van der Waals surface area contributed by atoms with Crippen LogP contribution in [0.3, 0.4) is 0 Å². The molecule has 1 heterocycles. The Morgan fingerprint density at radius 1 is 1.00 bits per heavy atom. The summed E-state index contributed by atoms with van der Waals surface area (Å²) in [4.78, 5) is 4.92. The highest BCUT2D eigenvalue weighted by atomic mass is 28.3. The number of aromatic nitrogens is 1. The average molecular weight is 324 g/mol. The Labute approximate surface area is 142 Å². The highest BCUT2D eigenvalue weighted by molar-refractivity contribution is 6.88. The molecule has 0 unspecified atom stereocenters. The molecule has 1 aliphatic rings. The monoisotopic (exact) mass is 323 g/mol. The minimum Gasteiger partial charge on any atom is -0.256 e. The van der Waals surface area contributed by atoms with Crippen LogP contribution in [0.5, 0.6) is 0 Å². The summed E-state index contributed by atoms with van der Waals surface area (Å²) in [7, 11) is -1.32. The Kier molecular flexibility index (Phi) is 5.01. The minimum absolute atomic E-state index is 0.852. The summed E-state index contributed by atoms with van der Waals surface area (Å²) < 4.78 is 0. The molecular formula is C21H29NSi. The molecule has 0 radical (unpaired) electrons. The Morgan fingerprint density at radius 2 is 1.70 bits per heavy atom. The molecule has 1 nitrogen and oxygen atoms in total. The van der Waals surface area contributed by atoms with Gasteiger partial charge in [-0.1, -0.05) is 88.1 Å². The van der Waals surface area contributed by atoms with Gasteiger partial charge in [-0.2, -0.15) is 0 Å². The van der Waals surface area contributed by atoms with E-state index in [9.17, 15) is 0 Å². The maximum absolute atomic E-state index is 4.92. The number of hydrogen-bond acceptors (Lipinski definition) is 1. The van der Waals surface area contributed by atoms with Gasteiger partial charge in [-0.05, 0) is 23.1 Å². The van der Waals surface area contributed by atoms with Crippen LogP contribution in [0.2, 0.25) is 19.6 Å². The molecule has 2 aromatic rings. The van der Waals surface area contributed by atoms with E-state index in [1.807, 2.05) is 0 Å². The van der Waals surface area contributed by atoms with Crippen LogP contribution in [-0.2, 0) is 6.42 Å². The van der Waals surface area contributed by atoms with E-state index in [0.29, 0.717) is 0 Å². The number of pyridine rings is 1. The van der Waals surface area contributed by atoms with Gasteiger partial charge in [0.1, 0.15) is 0 Å². The first-order valence-electron chi connectivity index (χ1n) is 9.09. The van der Waals surface area contributed by atoms with E-state index in [0.717, 1.165) is 5.92 Å². The first-order chi connectivity index (χ1) is 11.0. The summed E-state index contributed by atoms with van der Waals surface area (Å²) in [5, 5.41) is 1.49. The molecule has 0 N–H and O–H groups in total. The highest BCUT2D eigenvalue weighted by Gasteiger charge is 2.21. The SMILES string of the molecule is C[Si](C)(C)c1cnc(-c2ccccc2)c(CC2CCCCC2)c1. The van der Waals surface area contributed by atoms with Gasteiger partial charge in [-0.15, -0.1) is 0 Å². The third kappa shape index (κ3) is 4.11. The molecule has 0 spiro atoms. The van der Waals surface area contributed by atoms with Crippen molar-refractivity contribution in [1.29, 1.82) is 0 Å². The lowest BCUT2D eigenvalue weighted by molar-refractivity contribution is 0.357. The highest BCUT2D eigenvalue weighted by Crippen LogP contribution is 2.30. The van der Waals surface area contributed by atoms with E-state index in [-0.39, 0.29) is 0 Å². The number of benzene rings is 1. The van der Waals surface area contributed by atoms with Crippen molar-refractivity contribution in [2.75, 3.05) is 0 Å². The summed E-state index contributed by atoms with van der Waals surface area (Å²) in [5.41, 5.74) is 3.95. The average Bonchev–Trinajstić information content (AvgIpc) is 2.56. The topological polar surface area (TPSA) is 12.9 Å². The summed E-state index contributed by atoms with van der Waals surface area (Å²) in [6, 6.07) is 13.2. The standard InChI is InChI=1S/C21H29NSi/c1-23(2,3)20-15-19(14-17-10-6-4-7-11-17)21(22-16-20)18-12-8-5-9-13-18/h5,8-9,12-13,15-17H,4,6-7,10-11,14H2,1-3H3. The second kappa shape index (κ2) is 7.00. The fourth-order valence-corrected chi connectivity index (χ4v) is 4.69. The third-order valence-electron chi connectivity index (χ3n) is 5.11. The van der Waals surface area contributed by atoms with E-state index in [1.165, 1.54) is 60.5 Å². The lowest BCUT2D eigenvalue weighted by Crippen LogP contribution is -2.38. The van der Waals surface area contributed by atoms with E-state index in [2.05, 4.69) is 62.2 Å². The van der Waals surface area contributed by atoms with Crippen molar-refractivity contribution < 1.29 is 0 Å². The molecular weight excluding hydrogens is 294 g/mol.